The van der Waals surface area contributed by atoms with E-state index in [-0.39, 0.29) is 35.5 Å². The van der Waals surface area contributed by atoms with Gasteiger partial charge in [0.05, 0.1) is 19.3 Å². The fourth-order valence-electron chi connectivity index (χ4n) is 4.75. The number of carbonyl (C=O) groups is 3. The number of methoxy groups -OCH3 is 1. The summed E-state index contributed by atoms with van der Waals surface area (Å²) in [6.07, 6.45) is 7.12. The number of pyridine rings is 1. The zero-order valence-corrected chi connectivity index (χ0v) is 22.7. The number of aromatic nitrogens is 1. The number of nitrogens with one attached hydrogen (secondary N) is 1. The van der Waals surface area contributed by atoms with E-state index in [0.717, 1.165) is 32.1 Å². The average Bonchev–Trinajstić information content (AvgIpc) is 3.42. The second-order valence-corrected chi connectivity index (χ2v) is 9.60. The van der Waals surface area contributed by atoms with Crippen molar-refractivity contribution >= 4 is 17.8 Å². The van der Waals surface area contributed by atoms with Gasteiger partial charge in [0.25, 0.3) is 5.91 Å². The lowest BCUT2D eigenvalue weighted by Gasteiger charge is -2.33. The van der Waals surface area contributed by atoms with Crippen molar-refractivity contribution in [3.8, 4) is 11.5 Å². The maximum atomic E-state index is 13.2. The van der Waals surface area contributed by atoms with Gasteiger partial charge in [0.1, 0.15) is 18.2 Å². The molecule has 2 aliphatic rings. The lowest BCUT2D eigenvalue weighted by Crippen LogP contribution is -2.46. The van der Waals surface area contributed by atoms with Gasteiger partial charge in [-0.05, 0) is 45.4 Å². The first-order valence-electron chi connectivity index (χ1n) is 13.4. The molecule has 212 valence electrons. The van der Waals surface area contributed by atoms with Crippen LogP contribution in [0.25, 0.3) is 0 Å². The Morgan fingerprint density at radius 2 is 1.92 bits per heavy atom. The van der Waals surface area contributed by atoms with Gasteiger partial charge in [-0.3, -0.25) is 9.59 Å². The number of ether oxygens (including phenoxy) is 6. The van der Waals surface area contributed by atoms with E-state index >= 15 is 0 Å². The van der Waals surface area contributed by atoms with Crippen LogP contribution in [0.5, 0.6) is 11.5 Å². The predicted octanol–water partition coefficient (Wildman–Crippen LogP) is 3.33. The maximum Gasteiger partial charge on any atom is 0.329 e. The zero-order chi connectivity index (χ0) is 27.5. The first-order chi connectivity index (χ1) is 18.3. The molecule has 11 heteroatoms. The van der Waals surface area contributed by atoms with E-state index in [1.807, 2.05) is 13.8 Å². The van der Waals surface area contributed by atoms with E-state index in [2.05, 4.69) is 10.3 Å². The van der Waals surface area contributed by atoms with Gasteiger partial charge in [-0.1, -0.05) is 19.8 Å². The standard InChI is InChI=1S/C27H40N2O9/c1-5-15-34-22-12-8-11-20(27(32)37-17(2)24(22)38-19-9-6-7-10-19)29-26(31)23-25(36-16-35-18(3)30)21(33-4)13-14-28-23/h13-14,17,19-20,22,24H,5-12,15-16H2,1-4H3,(H,29,31)/t17-,20-,22-,24-/m0/s1. The minimum atomic E-state index is -0.906. The van der Waals surface area contributed by atoms with E-state index < -0.39 is 36.8 Å². The molecule has 11 nitrogen and oxygen atoms in total. The topological polar surface area (TPSA) is 132 Å². The molecule has 4 atom stereocenters. The quantitative estimate of drug-likeness (QED) is 0.332. The normalized spacial score (nSPS) is 24.5. The molecule has 1 amide bonds. The van der Waals surface area contributed by atoms with E-state index in [9.17, 15) is 14.4 Å². The Bertz CT molecular complexity index is 935. The monoisotopic (exact) mass is 536 g/mol. The highest BCUT2D eigenvalue weighted by atomic mass is 16.7. The van der Waals surface area contributed by atoms with E-state index in [0.29, 0.717) is 25.9 Å². The third-order valence-electron chi connectivity index (χ3n) is 6.66. The summed E-state index contributed by atoms with van der Waals surface area (Å²) in [6.45, 7) is 5.26. The molecule has 38 heavy (non-hydrogen) atoms. The van der Waals surface area contributed by atoms with Gasteiger partial charge in [-0.2, -0.15) is 0 Å². The molecular formula is C27H40N2O9. The maximum absolute atomic E-state index is 13.2. The van der Waals surface area contributed by atoms with Gasteiger partial charge in [-0.15, -0.1) is 0 Å². The summed E-state index contributed by atoms with van der Waals surface area (Å²) in [5.41, 5.74) is -0.108. The summed E-state index contributed by atoms with van der Waals surface area (Å²) in [5, 5.41) is 2.74. The average molecular weight is 537 g/mol. The third kappa shape index (κ3) is 8.29. The Morgan fingerprint density at radius 3 is 2.61 bits per heavy atom. The molecule has 1 aliphatic carbocycles. The second kappa shape index (κ2) is 14.9. The summed E-state index contributed by atoms with van der Waals surface area (Å²) >= 11 is 0. The molecule has 0 radical (unpaired) electrons. The number of carbonyl (C=O) groups excluding carboxylic acids is 3. The lowest BCUT2D eigenvalue weighted by atomic mass is 10.0. The number of nitrogens with zero attached hydrogens (tertiary/aromatic N) is 1. The van der Waals surface area contributed by atoms with Crippen LogP contribution < -0.4 is 14.8 Å². The molecule has 1 saturated carbocycles. The summed E-state index contributed by atoms with van der Waals surface area (Å²) in [4.78, 5) is 41.7. The van der Waals surface area contributed by atoms with Gasteiger partial charge in [0.15, 0.2) is 17.2 Å². The molecule has 1 aliphatic heterocycles. The molecule has 0 aromatic carbocycles. The molecule has 0 bridgehead atoms. The van der Waals surface area contributed by atoms with Gasteiger partial charge in [-0.25, -0.2) is 9.78 Å². The highest BCUT2D eigenvalue weighted by molar-refractivity contribution is 5.98. The smallest absolute Gasteiger partial charge is 0.329 e. The highest BCUT2D eigenvalue weighted by Gasteiger charge is 2.37. The summed E-state index contributed by atoms with van der Waals surface area (Å²) in [5.74, 6) is -1.51. The molecular weight excluding hydrogens is 496 g/mol. The van der Waals surface area contributed by atoms with Crippen molar-refractivity contribution in [2.75, 3.05) is 20.5 Å². The highest BCUT2D eigenvalue weighted by Crippen LogP contribution is 2.31. The van der Waals surface area contributed by atoms with Crippen molar-refractivity contribution in [2.24, 2.45) is 0 Å². The van der Waals surface area contributed by atoms with Crippen molar-refractivity contribution in [1.82, 2.24) is 10.3 Å². The van der Waals surface area contributed by atoms with Crippen LogP contribution in [0.3, 0.4) is 0 Å². The minimum Gasteiger partial charge on any atom is -0.493 e. The van der Waals surface area contributed by atoms with Crippen LogP contribution in [0, 0.1) is 0 Å². The van der Waals surface area contributed by atoms with E-state index in [1.54, 1.807) is 0 Å². The number of rotatable bonds is 11. The van der Waals surface area contributed by atoms with Crippen LogP contribution in [-0.4, -0.2) is 73.8 Å². The molecule has 1 saturated heterocycles. The van der Waals surface area contributed by atoms with Crippen LogP contribution >= 0.6 is 0 Å². The Balaban J connectivity index is 1.74. The van der Waals surface area contributed by atoms with Crippen LogP contribution in [-0.2, 0) is 28.5 Å². The van der Waals surface area contributed by atoms with Crippen LogP contribution in [0.1, 0.15) is 82.6 Å². The fraction of sp³-hybridized carbons (Fsp3) is 0.704. The van der Waals surface area contributed by atoms with Gasteiger partial charge >= 0.3 is 11.9 Å². The van der Waals surface area contributed by atoms with E-state index in [1.165, 1.54) is 26.3 Å². The molecule has 1 aromatic rings. The van der Waals surface area contributed by atoms with Crippen molar-refractivity contribution in [3.63, 3.8) is 0 Å². The first-order valence-corrected chi connectivity index (χ1v) is 13.4. The first kappa shape index (κ1) is 29.6. The van der Waals surface area contributed by atoms with Crippen molar-refractivity contribution < 1.29 is 42.8 Å². The minimum absolute atomic E-state index is 0.00314. The SMILES string of the molecule is CCCO[C@H]1CCC[C@H](NC(=O)c2nccc(OC)c2OCOC(C)=O)C(=O)O[C@@H](C)[C@@H]1OC1CCCC1. The Kier molecular flexibility index (Phi) is 11.6. The van der Waals surface area contributed by atoms with Crippen LogP contribution in [0.4, 0.5) is 0 Å². The summed E-state index contributed by atoms with van der Waals surface area (Å²) in [6, 6.07) is 0.604. The number of cyclic esters (lactones) is 1. The van der Waals surface area contributed by atoms with Crippen molar-refractivity contribution in [3.05, 3.63) is 18.0 Å². The van der Waals surface area contributed by atoms with Gasteiger partial charge < -0.3 is 33.7 Å². The Labute approximate surface area is 223 Å². The van der Waals surface area contributed by atoms with E-state index in [4.69, 9.17) is 28.4 Å². The number of esters is 2. The molecule has 0 spiro atoms. The van der Waals surface area contributed by atoms with Crippen LogP contribution in [0.15, 0.2) is 12.3 Å². The summed E-state index contributed by atoms with van der Waals surface area (Å²) in [7, 11) is 1.41. The van der Waals surface area contributed by atoms with Gasteiger partial charge in [0, 0.05) is 25.8 Å². The third-order valence-corrected chi connectivity index (χ3v) is 6.66. The molecule has 0 unspecified atom stereocenters. The number of hydrogen-bond donors (Lipinski definition) is 1. The van der Waals surface area contributed by atoms with Crippen LogP contribution in [0.2, 0.25) is 0 Å². The summed E-state index contributed by atoms with van der Waals surface area (Å²) < 4.78 is 34.0. The lowest BCUT2D eigenvalue weighted by molar-refractivity contribution is -0.175. The molecule has 3 rings (SSSR count). The van der Waals surface area contributed by atoms with Crippen molar-refractivity contribution in [1.29, 1.82) is 0 Å². The largest absolute Gasteiger partial charge is 0.493 e. The number of amides is 1. The van der Waals surface area contributed by atoms with Crippen molar-refractivity contribution in [2.45, 2.75) is 103 Å². The molecule has 1 N–H and O–H groups in total. The molecule has 2 heterocycles. The molecule has 2 fully saturated rings. The second-order valence-electron chi connectivity index (χ2n) is 9.60. The fourth-order valence-corrected chi connectivity index (χ4v) is 4.75. The zero-order valence-electron chi connectivity index (χ0n) is 22.7. The number of hydrogen-bond acceptors (Lipinski definition) is 10. The Morgan fingerprint density at radius 1 is 1.16 bits per heavy atom. The molecule has 1 aromatic heterocycles. The Hall–Kier alpha value is -2.92. The van der Waals surface area contributed by atoms with Gasteiger partial charge in [0.2, 0.25) is 6.79 Å². The predicted molar refractivity (Wildman–Crippen MR) is 136 cm³/mol.